The third-order valence-corrected chi connectivity index (χ3v) is 3.62. The SMILES string of the molecule is CC(=O)NCc1ccc(C(=O)COC(=O)/C=C/c2cccc(C)c2)cc1. The lowest BCUT2D eigenvalue weighted by atomic mass is 10.1. The number of hydrogen-bond donors (Lipinski definition) is 1. The number of ketones is 1. The van der Waals surface area contributed by atoms with Gasteiger partial charge >= 0.3 is 5.97 Å². The molecule has 5 nitrogen and oxygen atoms in total. The zero-order valence-electron chi connectivity index (χ0n) is 14.8. The summed E-state index contributed by atoms with van der Waals surface area (Å²) < 4.78 is 4.99. The van der Waals surface area contributed by atoms with Gasteiger partial charge in [-0.2, -0.15) is 0 Å². The van der Waals surface area contributed by atoms with Crippen molar-refractivity contribution in [3.8, 4) is 0 Å². The van der Waals surface area contributed by atoms with E-state index in [0.29, 0.717) is 12.1 Å². The first-order valence-corrected chi connectivity index (χ1v) is 8.22. The molecule has 0 aliphatic carbocycles. The van der Waals surface area contributed by atoms with Gasteiger partial charge in [0.25, 0.3) is 0 Å². The predicted molar refractivity (Wildman–Crippen MR) is 99.5 cm³/mol. The average Bonchev–Trinajstić information content (AvgIpc) is 2.63. The van der Waals surface area contributed by atoms with Crippen molar-refractivity contribution in [3.05, 3.63) is 76.9 Å². The second kappa shape index (κ2) is 9.32. The molecular formula is C21H21NO4. The molecule has 0 aromatic heterocycles. The first kappa shape index (κ1) is 19.1. The van der Waals surface area contributed by atoms with Crippen LogP contribution < -0.4 is 5.32 Å². The molecule has 2 aromatic rings. The predicted octanol–water partition coefficient (Wildman–Crippen LogP) is 3.07. The van der Waals surface area contributed by atoms with E-state index in [4.69, 9.17) is 4.74 Å². The van der Waals surface area contributed by atoms with E-state index in [1.54, 1.807) is 30.3 Å². The Labute approximate surface area is 152 Å². The van der Waals surface area contributed by atoms with E-state index in [2.05, 4.69) is 5.32 Å². The van der Waals surface area contributed by atoms with Crippen molar-refractivity contribution in [1.82, 2.24) is 5.32 Å². The molecule has 0 radical (unpaired) electrons. The molecule has 0 atom stereocenters. The van der Waals surface area contributed by atoms with Gasteiger partial charge in [0.2, 0.25) is 5.91 Å². The van der Waals surface area contributed by atoms with Crippen molar-refractivity contribution in [2.75, 3.05) is 6.61 Å². The highest BCUT2D eigenvalue weighted by molar-refractivity contribution is 5.98. The lowest BCUT2D eigenvalue weighted by molar-refractivity contribution is -0.136. The standard InChI is InChI=1S/C21H21NO4/c1-15-4-3-5-17(12-15)8-11-21(25)26-14-20(24)19-9-6-18(7-10-19)13-22-16(2)23/h3-12H,13-14H2,1-2H3,(H,22,23)/b11-8+. The van der Waals surface area contributed by atoms with Crippen LogP contribution >= 0.6 is 0 Å². The van der Waals surface area contributed by atoms with Crippen LogP contribution in [0.15, 0.2) is 54.6 Å². The molecular weight excluding hydrogens is 330 g/mol. The Morgan fingerprint density at radius 2 is 1.81 bits per heavy atom. The molecule has 0 unspecified atom stereocenters. The Balaban J connectivity index is 1.83. The van der Waals surface area contributed by atoms with Gasteiger partial charge in [0.1, 0.15) is 0 Å². The maximum absolute atomic E-state index is 12.1. The number of ether oxygens (including phenoxy) is 1. The van der Waals surface area contributed by atoms with Crippen molar-refractivity contribution in [3.63, 3.8) is 0 Å². The molecule has 0 saturated heterocycles. The van der Waals surface area contributed by atoms with E-state index in [1.165, 1.54) is 13.0 Å². The Morgan fingerprint density at radius 1 is 1.08 bits per heavy atom. The van der Waals surface area contributed by atoms with Gasteiger partial charge in [-0.15, -0.1) is 0 Å². The number of carbonyl (C=O) groups excluding carboxylic acids is 3. The normalized spacial score (nSPS) is 10.5. The van der Waals surface area contributed by atoms with Gasteiger partial charge in [-0.3, -0.25) is 9.59 Å². The summed E-state index contributed by atoms with van der Waals surface area (Å²) in [6.07, 6.45) is 2.95. The van der Waals surface area contributed by atoms with Crippen molar-refractivity contribution < 1.29 is 19.1 Å². The minimum absolute atomic E-state index is 0.115. The Bertz CT molecular complexity index is 822. The van der Waals surface area contributed by atoms with Gasteiger partial charge in [-0.05, 0) is 24.1 Å². The summed E-state index contributed by atoms with van der Waals surface area (Å²) in [5.74, 6) is -0.966. The van der Waals surface area contributed by atoms with Crippen LogP contribution in [0.2, 0.25) is 0 Å². The number of carbonyl (C=O) groups is 3. The molecule has 1 amide bonds. The Morgan fingerprint density at radius 3 is 2.46 bits per heavy atom. The maximum Gasteiger partial charge on any atom is 0.331 e. The molecule has 0 aliphatic heterocycles. The van der Waals surface area contributed by atoms with Crippen LogP contribution in [0.3, 0.4) is 0 Å². The van der Waals surface area contributed by atoms with E-state index in [0.717, 1.165) is 16.7 Å². The van der Waals surface area contributed by atoms with Gasteiger partial charge in [0.05, 0.1) is 0 Å². The molecule has 0 heterocycles. The maximum atomic E-state index is 12.1. The third kappa shape index (κ3) is 6.36. The molecule has 0 aliphatic rings. The quantitative estimate of drug-likeness (QED) is 0.473. The zero-order chi connectivity index (χ0) is 18.9. The summed E-state index contributed by atoms with van der Waals surface area (Å²) in [7, 11) is 0. The van der Waals surface area contributed by atoms with Crippen molar-refractivity contribution in [1.29, 1.82) is 0 Å². The van der Waals surface area contributed by atoms with Gasteiger partial charge in [-0.1, -0.05) is 54.1 Å². The molecule has 0 bridgehead atoms. The van der Waals surface area contributed by atoms with Crippen molar-refractivity contribution >= 4 is 23.7 Å². The van der Waals surface area contributed by atoms with Crippen LogP contribution in [-0.4, -0.2) is 24.3 Å². The fraction of sp³-hybridized carbons (Fsp3) is 0.190. The van der Waals surface area contributed by atoms with Crippen molar-refractivity contribution in [2.24, 2.45) is 0 Å². The number of hydrogen-bond acceptors (Lipinski definition) is 4. The van der Waals surface area contributed by atoms with Gasteiger partial charge in [-0.25, -0.2) is 4.79 Å². The van der Waals surface area contributed by atoms with E-state index in [1.807, 2.05) is 31.2 Å². The van der Waals surface area contributed by atoms with Crippen molar-refractivity contribution in [2.45, 2.75) is 20.4 Å². The highest BCUT2D eigenvalue weighted by Gasteiger charge is 2.08. The van der Waals surface area contributed by atoms with Crippen LogP contribution in [0.25, 0.3) is 6.08 Å². The van der Waals surface area contributed by atoms with Gasteiger partial charge in [0.15, 0.2) is 12.4 Å². The Kier molecular flexibility index (Phi) is 6.85. The molecule has 2 rings (SSSR count). The number of Topliss-reactive ketones (excluding diaryl/α,β-unsaturated/α-hetero) is 1. The number of amides is 1. The lowest BCUT2D eigenvalue weighted by Gasteiger charge is -2.05. The summed E-state index contributed by atoms with van der Waals surface area (Å²) in [5.41, 5.74) is 3.32. The third-order valence-electron chi connectivity index (χ3n) is 3.62. The second-order valence-corrected chi connectivity index (χ2v) is 5.89. The summed E-state index contributed by atoms with van der Waals surface area (Å²) in [6, 6.07) is 14.5. The minimum Gasteiger partial charge on any atom is -0.454 e. The van der Waals surface area contributed by atoms with E-state index in [9.17, 15) is 14.4 Å². The van der Waals surface area contributed by atoms with Gasteiger partial charge < -0.3 is 10.1 Å². The molecule has 1 N–H and O–H groups in total. The van der Waals surface area contributed by atoms with Crippen LogP contribution in [0, 0.1) is 6.92 Å². The molecule has 0 fully saturated rings. The smallest absolute Gasteiger partial charge is 0.331 e. The van der Waals surface area contributed by atoms with Crippen LogP contribution in [0.4, 0.5) is 0 Å². The number of nitrogens with one attached hydrogen (secondary N) is 1. The first-order valence-electron chi connectivity index (χ1n) is 8.22. The first-order chi connectivity index (χ1) is 12.4. The fourth-order valence-electron chi connectivity index (χ4n) is 2.24. The van der Waals surface area contributed by atoms with E-state index >= 15 is 0 Å². The monoisotopic (exact) mass is 351 g/mol. The number of rotatable bonds is 7. The summed E-state index contributed by atoms with van der Waals surface area (Å²) >= 11 is 0. The highest BCUT2D eigenvalue weighted by atomic mass is 16.5. The molecule has 134 valence electrons. The number of esters is 1. The van der Waals surface area contributed by atoms with Crippen LogP contribution in [-0.2, 0) is 20.9 Å². The largest absolute Gasteiger partial charge is 0.454 e. The molecule has 0 saturated carbocycles. The molecule has 5 heteroatoms. The van der Waals surface area contributed by atoms with Crippen LogP contribution in [0.5, 0.6) is 0 Å². The van der Waals surface area contributed by atoms with Crippen LogP contribution in [0.1, 0.15) is 34.0 Å². The highest BCUT2D eigenvalue weighted by Crippen LogP contribution is 2.07. The van der Waals surface area contributed by atoms with Gasteiger partial charge in [0, 0.05) is 25.1 Å². The summed E-state index contributed by atoms with van der Waals surface area (Å²) in [5, 5.41) is 2.68. The second-order valence-electron chi connectivity index (χ2n) is 5.89. The summed E-state index contributed by atoms with van der Waals surface area (Å²) in [4.78, 5) is 34.7. The summed E-state index contributed by atoms with van der Waals surface area (Å²) in [6.45, 7) is 3.50. The topological polar surface area (TPSA) is 72.5 Å². The Hall–Kier alpha value is -3.21. The number of aryl methyl sites for hydroxylation is 1. The molecule has 0 spiro atoms. The number of benzene rings is 2. The fourth-order valence-corrected chi connectivity index (χ4v) is 2.24. The zero-order valence-corrected chi connectivity index (χ0v) is 14.8. The van der Waals surface area contributed by atoms with E-state index < -0.39 is 5.97 Å². The molecule has 2 aromatic carbocycles. The average molecular weight is 351 g/mol. The lowest BCUT2D eigenvalue weighted by Crippen LogP contribution is -2.19. The molecule has 26 heavy (non-hydrogen) atoms. The minimum atomic E-state index is -0.567. The van der Waals surface area contributed by atoms with E-state index in [-0.39, 0.29) is 18.3 Å².